The molecule has 5 rings (SSSR count). The van der Waals surface area contributed by atoms with E-state index in [2.05, 4.69) is 25.2 Å². The summed E-state index contributed by atoms with van der Waals surface area (Å²) in [7, 11) is 0. The van der Waals surface area contributed by atoms with Crippen LogP contribution in [0, 0.1) is 0 Å². The van der Waals surface area contributed by atoms with Crippen LogP contribution in [0.5, 0.6) is 0 Å². The van der Waals surface area contributed by atoms with Crippen molar-refractivity contribution in [2.24, 2.45) is 4.99 Å². The number of hydrogen-bond donors (Lipinski definition) is 2. The zero-order chi connectivity index (χ0) is 18.2. The highest BCUT2D eigenvalue weighted by atomic mass is 16.2. The lowest BCUT2D eigenvalue weighted by Gasteiger charge is -2.41. The minimum atomic E-state index is 0.0129. The number of nitrogens with zero attached hydrogens (tertiary/aromatic N) is 4. The second kappa shape index (κ2) is 6.81. The van der Waals surface area contributed by atoms with E-state index in [1.807, 2.05) is 35.8 Å². The number of aromatic nitrogens is 2. The third-order valence-corrected chi connectivity index (χ3v) is 5.83. The smallest absolute Gasteiger partial charge is 0.322 e. The Hall–Kier alpha value is -2.67. The number of fused-ring (bicyclic) bond motifs is 3. The molecule has 0 radical (unpaired) electrons. The third kappa shape index (κ3) is 3.02. The molecule has 27 heavy (non-hydrogen) atoms. The van der Waals surface area contributed by atoms with E-state index >= 15 is 0 Å². The van der Waals surface area contributed by atoms with Crippen LogP contribution < -0.4 is 10.2 Å². The molecule has 2 amide bonds. The lowest BCUT2D eigenvalue weighted by atomic mass is 9.99. The first kappa shape index (κ1) is 16.5. The van der Waals surface area contributed by atoms with Gasteiger partial charge in [-0.3, -0.25) is 14.8 Å². The predicted octanol–water partition coefficient (Wildman–Crippen LogP) is 2.81. The Morgan fingerprint density at radius 3 is 2.96 bits per heavy atom. The van der Waals surface area contributed by atoms with E-state index in [9.17, 15) is 4.79 Å². The fraction of sp³-hybridized carbons (Fsp3) is 0.450. The zero-order valence-corrected chi connectivity index (χ0v) is 15.3. The van der Waals surface area contributed by atoms with E-state index in [4.69, 9.17) is 0 Å². The minimum Gasteiger partial charge on any atom is -0.346 e. The molecule has 0 unspecified atom stereocenters. The number of carbonyl (C=O) groups excluding carboxylic acids is 1. The number of pyridine rings is 1. The number of rotatable bonds is 3. The topological polar surface area (TPSA) is 76.6 Å². The van der Waals surface area contributed by atoms with Crippen molar-refractivity contribution < 1.29 is 4.79 Å². The highest BCUT2D eigenvalue weighted by Gasteiger charge is 2.34. The van der Waals surface area contributed by atoms with Gasteiger partial charge in [0.15, 0.2) is 0 Å². The Balaban J connectivity index is 1.35. The summed E-state index contributed by atoms with van der Waals surface area (Å²) >= 11 is 0. The van der Waals surface area contributed by atoms with Crippen molar-refractivity contribution >= 4 is 29.0 Å². The van der Waals surface area contributed by atoms with Gasteiger partial charge in [-0.2, -0.15) is 0 Å². The number of anilines is 1. The molecular formula is C20H24N6O. The van der Waals surface area contributed by atoms with Gasteiger partial charge < -0.3 is 10.3 Å². The molecule has 2 aromatic rings. The fourth-order valence-corrected chi connectivity index (χ4v) is 4.44. The monoisotopic (exact) mass is 364 g/mol. The maximum atomic E-state index is 12.8. The lowest BCUT2D eigenvalue weighted by molar-refractivity contribution is 0.212. The standard InChI is InChI=1S/C20H24N6O/c27-20-24-12-15-11-23-19-17(3-7-22-19)18(15)26(20)16-4-8-25(9-5-16)13-14-2-1-6-21-10-14/h3,6-7,10-11,16H,1-2,4-5,8-9,12-13H2,(H,22,23)(H,24,27). The van der Waals surface area contributed by atoms with Crippen LogP contribution in [-0.4, -0.2) is 52.8 Å². The molecule has 3 aliphatic rings. The number of aliphatic imine (C=N–C) groups is 1. The van der Waals surface area contributed by atoms with Crippen LogP contribution >= 0.6 is 0 Å². The van der Waals surface area contributed by atoms with Gasteiger partial charge in [-0.15, -0.1) is 0 Å². The van der Waals surface area contributed by atoms with E-state index in [1.54, 1.807) is 0 Å². The van der Waals surface area contributed by atoms with E-state index in [0.29, 0.717) is 6.54 Å². The Morgan fingerprint density at radius 2 is 2.15 bits per heavy atom. The van der Waals surface area contributed by atoms with Crippen LogP contribution in [0.3, 0.4) is 0 Å². The van der Waals surface area contributed by atoms with Crippen LogP contribution in [0.2, 0.25) is 0 Å². The number of likely N-dealkylation sites (tertiary alicyclic amines) is 1. The fourth-order valence-electron chi connectivity index (χ4n) is 4.44. The van der Waals surface area contributed by atoms with E-state index in [-0.39, 0.29) is 12.1 Å². The van der Waals surface area contributed by atoms with E-state index < -0.39 is 0 Å². The number of urea groups is 1. The number of H-pyrrole nitrogens is 1. The van der Waals surface area contributed by atoms with Gasteiger partial charge in [0.2, 0.25) is 0 Å². The van der Waals surface area contributed by atoms with Crippen molar-refractivity contribution in [3.05, 3.63) is 35.8 Å². The van der Waals surface area contributed by atoms with E-state index in [0.717, 1.165) is 67.6 Å². The quantitative estimate of drug-likeness (QED) is 0.879. The molecule has 1 saturated heterocycles. The molecule has 0 atom stereocenters. The van der Waals surface area contributed by atoms with Crippen molar-refractivity contribution in [1.29, 1.82) is 0 Å². The van der Waals surface area contributed by atoms with Gasteiger partial charge >= 0.3 is 6.03 Å². The molecule has 2 aromatic heterocycles. The number of nitrogens with one attached hydrogen (secondary N) is 2. The van der Waals surface area contributed by atoms with Crippen molar-refractivity contribution in [3.8, 4) is 0 Å². The summed E-state index contributed by atoms with van der Waals surface area (Å²) in [5.41, 5.74) is 4.38. The number of aromatic amines is 1. The van der Waals surface area contributed by atoms with Gasteiger partial charge in [-0.25, -0.2) is 9.78 Å². The van der Waals surface area contributed by atoms with Crippen molar-refractivity contribution in [1.82, 2.24) is 20.2 Å². The number of amides is 2. The van der Waals surface area contributed by atoms with Gasteiger partial charge in [0.25, 0.3) is 0 Å². The number of hydrogen-bond acceptors (Lipinski definition) is 4. The summed E-state index contributed by atoms with van der Waals surface area (Å²) in [5.74, 6) is 0. The minimum absolute atomic E-state index is 0.0129. The number of carbonyl (C=O) groups is 1. The molecule has 5 heterocycles. The van der Waals surface area contributed by atoms with Crippen LogP contribution in [0.1, 0.15) is 31.2 Å². The highest BCUT2D eigenvalue weighted by Crippen LogP contribution is 2.35. The average molecular weight is 364 g/mol. The van der Waals surface area contributed by atoms with Crippen LogP contribution in [-0.2, 0) is 6.54 Å². The van der Waals surface area contributed by atoms with E-state index in [1.165, 1.54) is 5.57 Å². The Bertz CT molecular complexity index is 922. The molecule has 0 aromatic carbocycles. The van der Waals surface area contributed by atoms with Gasteiger partial charge in [0.05, 0.1) is 5.69 Å². The molecule has 7 nitrogen and oxygen atoms in total. The summed E-state index contributed by atoms with van der Waals surface area (Å²) in [5, 5.41) is 4.05. The molecule has 0 bridgehead atoms. The van der Waals surface area contributed by atoms with Crippen molar-refractivity contribution in [2.45, 2.75) is 38.3 Å². The first-order chi connectivity index (χ1) is 13.3. The molecule has 140 valence electrons. The molecule has 1 fully saturated rings. The predicted molar refractivity (Wildman–Crippen MR) is 106 cm³/mol. The first-order valence-corrected chi connectivity index (χ1v) is 9.73. The summed E-state index contributed by atoms with van der Waals surface area (Å²) in [6, 6.07) is 2.26. The SMILES string of the molecule is O=C1NCc2cnc3[nH]ccc3c2N1C1CCN(CC2=CN=CCC2)CC1. The van der Waals surface area contributed by atoms with Gasteiger partial charge in [-0.05, 0) is 37.3 Å². The molecule has 0 saturated carbocycles. The Kier molecular flexibility index (Phi) is 4.16. The summed E-state index contributed by atoms with van der Waals surface area (Å²) in [6.45, 7) is 3.56. The summed E-state index contributed by atoms with van der Waals surface area (Å²) < 4.78 is 0. The largest absolute Gasteiger partial charge is 0.346 e. The second-order valence-electron chi connectivity index (χ2n) is 7.57. The lowest BCUT2D eigenvalue weighted by Crippen LogP contribution is -2.53. The Morgan fingerprint density at radius 1 is 1.26 bits per heavy atom. The third-order valence-electron chi connectivity index (χ3n) is 5.83. The van der Waals surface area contributed by atoms with Gasteiger partial charge in [-0.1, -0.05) is 0 Å². The van der Waals surface area contributed by atoms with Crippen LogP contribution in [0.4, 0.5) is 10.5 Å². The van der Waals surface area contributed by atoms with Crippen LogP contribution in [0.25, 0.3) is 11.0 Å². The maximum absolute atomic E-state index is 12.8. The molecule has 0 aliphatic carbocycles. The van der Waals surface area contributed by atoms with Crippen molar-refractivity contribution in [2.75, 3.05) is 24.5 Å². The molecule has 0 spiro atoms. The molecule has 7 heteroatoms. The number of piperidine rings is 1. The van der Waals surface area contributed by atoms with Crippen molar-refractivity contribution in [3.63, 3.8) is 0 Å². The summed E-state index contributed by atoms with van der Waals surface area (Å²) in [4.78, 5) is 29.2. The molecular weight excluding hydrogens is 340 g/mol. The first-order valence-electron chi connectivity index (χ1n) is 9.73. The van der Waals surface area contributed by atoms with Crippen LogP contribution in [0.15, 0.2) is 35.2 Å². The zero-order valence-electron chi connectivity index (χ0n) is 15.3. The Labute approximate surface area is 158 Å². The molecule has 2 N–H and O–H groups in total. The summed E-state index contributed by atoms with van der Waals surface area (Å²) in [6.07, 6.45) is 11.9. The van der Waals surface area contributed by atoms with Gasteiger partial charge in [0.1, 0.15) is 5.65 Å². The highest BCUT2D eigenvalue weighted by molar-refractivity contribution is 6.04. The van der Waals surface area contributed by atoms with Gasteiger partial charge in [0, 0.05) is 68.0 Å². The molecule has 3 aliphatic heterocycles. The normalized spacial score (nSPS) is 21.3. The second-order valence-corrected chi connectivity index (χ2v) is 7.57. The average Bonchev–Trinajstić information content (AvgIpc) is 3.19. The maximum Gasteiger partial charge on any atom is 0.322 e.